The first kappa shape index (κ1) is 13.3. The first-order valence-electron chi connectivity index (χ1n) is 6.67. The molecule has 0 spiro atoms. The van der Waals surface area contributed by atoms with Crippen molar-refractivity contribution in [3.05, 3.63) is 17.6 Å². The third kappa shape index (κ3) is 2.48. The number of aromatic nitrogens is 2. The minimum Gasteiger partial charge on any atom is -0.356 e. The number of nitrogens with one attached hydrogen (secondary N) is 1. The van der Waals surface area contributed by atoms with E-state index in [-0.39, 0.29) is 5.41 Å². The summed E-state index contributed by atoms with van der Waals surface area (Å²) in [4.78, 5) is 11.2. The molecule has 1 aliphatic heterocycles. The maximum Gasteiger partial charge on any atom is 0.136 e. The molecule has 0 radical (unpaired) electrons. The summed E-state index contributed by atoms with van der Waals surface area (Å²) in [6.07, 6.45) is 2.70. The van der Waals surface area contributed by atoms with Crippen LogP contribution in [0.2, 0.25) is 0 Å². The van der Waals surface area contributed by atoms with Gasteiger partial charge in [0, 0.05) is 38.2 Å². The summed E-state index contributed by atoms with van der Waals surface area (Å²) < 4.78 is 0. The van der Waals surface area contributed by atoms with E-state index in [9.17, 15) is 0 Å². The lowest BCUT2D eigenvalue weighted by molar-refractivity contribution is 0.328. The van der Waals surface area contributed by atoms with E-state index in [4.69, 9.17) is 0 Å². The Bertz CT molecular complexity index is 422. The van der Waals surface area contributed by atoms with Crippen LogP contribution in [0.1, 0.15) is 39.0 Å². The Balaban J connectivity index is 2.33. The zero-order valence-electron chi connectivity index (χ0n) is 12.1. The van der Waals surface area contributed by atoms with Gasteiger partial charge in [0.25, 0.3) is 0 Å². The van der Waals surface area contributed by atoms with Crippen molar-refractivity contribution in [2.75, 3.05) is 18.5 Å². The Morgan fingerprint density at radius 3 is 2.72 bits per heavy atom. The SMILES string of the molecule is CC(N(C)c1ncnc2c1CNCC2)C(C)(C)C. The van der Waals surface area contributed by atoms with Crippen molar-refractivity contribution < 1.29 is 0 Å². The lowest BCUT2D eigenvalue weighted by atomic mass is 9.87. The van der Waals surface area contributed by atoms with Crippen LogP contribution in [0.4, 0.5) is 5.82 Å². The Hall–Kier alpha value is -1.16. The van der Waals surface area contributed by atoms with Crippen LogP contribution in [-0.2, 0) is 13.0 Å². The molecule has 4 nitrogen and oxygen atoms in total. The van der Waals surface area contributed by atoms with Gasteiger partial charge in [-0.15, -0.1) is 0 Å². The second-order valence-electron chi connectivity index (χ2n) is 6.20. The van der Waals surface area contributed by atoms with Crippen molar-refractivity contribution in [2.24, 2.45) is 5.41 Å². The molecule has 1 unspecified atom stereocenters. The van der Waals surface area contributed by atoms with Gasteiger partial charge in [0.1, 0.15) is 12.1 Å². The van der Waals surface area contributed by atoms with E-state index in [1.54, 1.807) is 6.33 Å². The lowest BCUT2D eigenvalue weighted by Gasteiger charge is -2.37. The monoisotopic (exact) mass is 248 g/mol. The van der Waals surface area contributed by atoms with Crippen molar-refractivity contribution in [1.29, 1.82) is 0 Å². The maximum absolute atomic E-state index is 4.50. The molecule has 1 N–H and O–H groups in total. The quantitative estimate of drug-likeness (QED) is 0.869. The van der Waals surface area contributed by atoms with Crippen LogP contribution in [-0.4, -0.2) is 29.6 Å². The van der Waals surface area contributed by atoms with Crippen molar-refractivity contribution >= 4 is 5.82 Å². The topological polar surface area (TPSA) is 41.1 Å². The molecule has 0 bridgehead atoms. The minimum absolute atomic E-state index is 0.231. The Morgan fingerprint density at radius 2 is 2.06 bits per heavy atom. The summed E-state index contributed by atoms with van der Waals surface area (Å²) >= 11 is 0. The molecule has 2 heterocycles. The molecule has 1 atom stereocenters. The van der Waals surface area contributed by atoms with Gasteiger partial charge in [-0.1, -0.05) is 20.8 Å². The van der Waals surface area contributed by atoms with E-state index < -0.39 is 0 Å². The highest BCUT2D eigenvalue weighted by Crippen LogP contribution is 2.29. The molecular formula is C14H24N4. The van der Waals surface area contributed by atoms with Crippen molar-refractivity contribution in [2.45, 2.75) is 46.7 Å². The fourth-order valence-electron chi connectivity index (χ4n) is 2.32. The summed E-state index contributed by atoms with van der Waals surface area (Å²) in [5.41, 5.74) is 2.70. The van der Waals surface area contributed by atoms with Crippen LogP contribution in [0.3, 0.4) is 0 Å². The van der Waals surface area contributed by atoms with Crippen LogP contribution >= 0.6 is 0 Å². The Morgan fingerprint density at radius 1 is 1.33 bits per heavy atom. The average molecular weight is 248 g/mol. The highest BCUT2D eigenvalue weighted by Gasteiger charge is 2.27. The van der Waals surface area contributed by atoms with Gasteiger partial charge in [0.05, 0.1) is 5.69 Å². The van der Waals surface area contributed by atoms with E-state index >= 15 is 0 Å². The molecule has 0 saturated heterocycles. The summed E-state index contributed by atoms with van der Waals surface area (Å²) in [6.45, 7) is 10.9. The van der Waals surface area contributed by atoms with Crippen LogP contribution in [0.15, 0.2) is 6.33 Å². The summed E-state index contributed by atoms with van der Waals surface area (Å²) in [6, 6.07) is 0.429. The van der Waals surface area contributed by atoms with Gasteiger partial charge >= 0.3 is 0 Å². The number of hydrogen-bond acceptors (Lipinski definition) is 4. The standard InChI is InChI=1S/C14H24N4/c1-10(14(2,3)4)18(5)13-11-8-15-7-6-12(11)16-9-17-13/h9-10,15H,6-8H2,1-5H3. The van der Waals surface area contributed by atoms with Gasteiger partial charge in [0.2, 0.25) is 0 Å². The molecule has 100 valence electrons. The molecular weight excluding hydrogens is 224 g/mol. The van der Waals surface area contributed by atoms with Crippen LogP contribution in [0.25, 0.3) is 0 Å². The van der Waals surface area contributed by atoms with Gasteiger partial charge in [-0.05, 0) is 12.3 Å². The third-order valence-electron chi connectivity index (χ3n) is 4.02. The van der Waals surface area contributed by atoms with Crippen LogP contribution in [0, 0.1) is 5.41 Å². The zero-order valence-corrected chi connectivity index (χ0v) is 12.1. The highest BCUT2D eigenvalue weighted by molar-refractivity contribution is 5.49. The van der Waals surface area contributed by atoms with Crippen LogP contribution < -0.4 is 10.2 Å². The van der Waals surface area contributed by atoms with Gasteiger partial charge in [-0.3, -0.25) is 0 Å². The smallest absolute Gasteiger partial charge is 0.136 e. The number of hydrogen-bond donors (Lipinski definition) is 1. The van der Waals surface area contributed by atoms with Crippen molar-refractivity contribution in [1.82, 2.24) is 15.3 Å². The second kappa shape index (κ2) is 4.84. The van der Waals surface area contributed by atoms with Gasteiger partial charge < -0.3 is 10.2 Å². The molecule has 18 heavy (non-hydrogen) atoms. The summed E-state index contributed by atoms with van der Waals surface area (Å²) in [5.74, 6) is 1.08. The number of fused-ring (bicyclic) bond motifs is 1. The van der Waals surface area contributed by atoms with E-state index in [0.717, 1.165) is 25.3 Å². The first-order chi connectivity index (χ1) is 8.41. The fraction of sp³-hybridized carbons (Fsp3) is 0.714. The molecule has 0 saturated carbocycles. The van der Waals surface area contributed by atoms with Gasteiger partial charge in [0.15, 0.2) is 0 Å². The summed E-state index contributed by atoms with van der Waals surface area (Å²) in [5, 5.41) is 3.41. The van der Waals surface area contributed by atoms with Crippen LogP contribution in [0.5, 0.6) is 0 Å². The molecule has 0 fully saturated rings. The third-order valence-corrected chi connectivity index (χ3v) is 4.02. The molecule has 4 heteroatoms. The number of rotatable bonds is 2. The normalized spacial score (nSPS) is 17.2. The van der Waals surface area contributed by atoms with E-state index in [1.165, 1.54) is 11.3 Å². The number of nitrogens with zero attached hydrogens (tertiary/aromatic N) is 3. The molecule has 2 rings (SSSR count). The number of anilines is 1. The highest BCUT2D eigenvalue weighted by atomic mass is 15.2. The van der Waals surface area contributed by atoms with E-state index in [0.29, 0.717) is 6.04 Å². The molecule has 0 aromatic carbocycles. The predicted octanol–water partition coefficient (Wildman–Crippen LogP) is 1.99. The van der Waals surface area contributed by atoms with Crippen molar-refractivity contribution in [3.8, 4) is 0 Å². The Kier molecular flexibility index (Phi) is 3.57. The van der Waals surface area contributed by atoms with E-state index in [1.807, 2.05) is 0 Å². The van der Waals surface area contributed by atoms with Gasteiger partial charge in [-0.25, -0.2) is 9.97 Å². The van der Waals surface area contributed by atoms with Gasteiger partial charge in [-0.2, -0.15) is 0 Å². The first-order valence-corrected chi connectivity index (χ1v) is 6.67. The zero-order chi connectivity index (χ0) is 13.3. The molecule has 0 aliphatic carbocycles. The minimum atomic E-state index is 0.231. The van der Waals surface area contributed by atoms with Crippen molar-refractivity contribution in [3.63, 3.8) is 0 Å². The Labute approximate surface area is 110 Å². The molecule has 1 aromatic rings. The summed E-state index contributed by atoms with van der Waals surface area (Å²) in [7, 11) is 2.13. The second-order valence-corrected chi connectivity index (χ2v) is 6.20. The predicted molar refractivity (Wildman–Crippen MR) is 74.8 cm³/mol. The lowest BCUT2D eigenvalue weighted by Crippen LogP contribution is -2.41. The fourth-order valence-corrected chi connectivity index (χ4v) is 2.32. The molecule has 1 aromatic heterocycles. The molecule has 0 amide bonds. The average Bonchev–Trinajstić information content (AvgIpc) is 2.35. The molecule has 1 aliphatic rings. The largest absolute Gasteiger partial charge is 0.356 e. The maximum atomic E-state index is 4.50. The van der Waals surface area contributed by atoms with E-state index in [2.05, 4.69) is 54.9 Å².